The van der Waals surface area contributed by atoms with E-state index in [1.165, 1.54) is 12.8 Å². The van der Waals surface area contributed by atoms with Gasteiger partial charge in [0.15, 0.2) is 5.82 Å². The smallest absolute Gasteiger partial charge is 0.251 e. The van der Waals surface area contributed by atoms with E-state index in [2.05, 4.69) is 25.7 Å². The van der Waals surface area contributed by atoms with Gasteiger partial charge in [-0.2, -0.15) is 5.10 Å². The molecule has 0 unspecified atom stereocenters. The average molecular weight is 361 g/mol. The number of benzene rings is 2. The molecule has 27 heavy (non-hydrogen) atoms. The van der Waals surface area contributed by atoms with Crippen molar-refractivity contribution >= 4 is 28.2 Å². The molecule has 2 N–H and O–H groups in total. The fraction of sp³-hybridized carbons (Fsp3) is 0.286. The van der Waals surface area contributed by atoms with Crippen LogP contribution in [0.25, 0.3) is 10.8 Å². The van der Waals surface area contributed by atoms with Gasteiger partial charge in [-0.25, -0.2) is 0 Å². The lowest BCUT2D eigenvalue weighted by atomic mass is 10.1. The van der Waals surface area contributed by atoms with Crippen molar-refractivity contribution in [2.45, 2.75) is 12.8 Å². The summed E-state index contributed by atoms with van der Waals surface area (Å²) in [6, 6.07) is 15.8. The summed E-state index contributed by atoms with van der Waals surface area (Å²) in [5.74, 6) is 0.666. The molecule has 3 aromatic rings. The van der Waals surface area contributed by atoms with Crippen LogP contribution in [-0.2, 0) is 0 Å². The molecule has 6 heteroatoms. The maximum Gasteiger partial charge on any atom is 0.251 e. The highest BCUT2D eigenvalue weighted by Crippen LogP contribution is 2.20. The van der Waals surface area contributed by atoms with E-state index in [9.17, 15) is 4.79 Å². The second-order valence-electron chi connectivity index (χ2n) is 6.74. The summed E-state index contributed by atoms with van der Waals surface area (Å²) in [6.07, 6.45) is 4.26. The maximum atomic E-state index is 12.4. The lowest BCUT2D eigenvalue weighted by molar-refractivity contribution is 0.0955. The zero-order chi connectivity index (χ0) is 18.5. The molecule has 138 valence electrons. The number of fused-ring (bicyclic) bond motifs is 1. The number of rotatable bonds is 6. The first-order chi connectivity index (χ1) is 13.3. The van der Waals surface area contributed by atoms with E-state index in [-0.39, 0.29) is 5.91 Å². The number of amides is 1. The van der Waals surface area contributed by atoms with E-state index in [4.69, 9.17) is 0 Å². The highest BCUT2D eigenvalue weighted by Gasteiger charge is 2.13. The molecule has 0 saturated carbocycles. The monoisotopic (exact) mass is 361 g/mol. The summed E-state index contributed by atoms with van der Waals surface area (Å²) < 4.78 is 0. The van der Waals surface area contributed by atoms with Crippen LogP contribution in [0.3, 0.4) is 0 Å². The Labute approximate surface area is 158 Å². The molecule has 1 fully saturated rings. The van der Waals surface area contributed by atoms with Crippen LogP contribution >= 0.6 is 0 Å². The molecule has 1 amide bonds. The summed E-state index contributed by atoms with van der Waals surface area (Å²) in [5.41, 5.74) is 1.77. The van der Waals surface area contributed by atoms with Crippen molar-refractivity contribution in [2.75, 3.05) is 36.4 Å². The van der Waals surface area contributed by atoms with Crippen LogP contribution in [0.1, 0.15) is 23.2 Å². The fourth-order valence-electron chi connectivity index (χ4n) is 3.39. The molecule has 1 aromatic heterocycles. The van der Waals surface area contributed by atoms with Crippen LogP contribution in [0.4, 0.5) is 11.5 Å². The largest absolute Gasteiger partial charge is 0.370 e. The van der Waals surface area contributed by atoms with Crippen molar-refractivity contribution < 1.29 is 4.79 Å². The Hall–Kier alpha value is -3.15. The van der Waals surface area contributed by atoms with E-state index in [0.717, 1.165) is 35.4 Å². The first-order valence-corrected chi connectivity index (χ1v) is 9.38. The van der Waals surface area contributed by atoms with Gasteiger partial charge in [-0.05, 0) is 35.7 Å². The predicted octanol–water partition coefficient (Wildman–Crippen LogP) is 3.07. The minimum atomic E-state index is -0.0699. The van der Waals surface area contributed by atoms with E-state index in [0.29, 0.717) is 18.7 Å². The summed E-state index contributed by atoms with van der Waals surface area (Å²) in [6.45, 7) is 3.26. The van der Waals surface area contributed by atoms with Crippen LogP contribution in [0, 0.1) is 0 Å². The molecule has 0 atom stereocenters. The Morgan fingerprint density at radius 2 is 1.81 bits per heavy atom. The number of aromatic nitrogens is 2. The SMILES string of the molecule is O=C(NCCNc1cc(N2CCCC2)cnn1)c1ccc2ccccc2c1. The molecular weight excluding hydrogens is 338 g/mol. The Balaban J connectivity index is 1.29. The lowest BCUT2D eigenvalue weighted by Gasteiger charge is -2.17. The molecular formula is C21H23N5O. The second kappa shape index (κ2) is 8.03. The number of carbonyl (C=O) groups excluding carboxylic acids is 1. The Morgan fingerprint density at radius 1 is 1.00 bits per heavy atom. The summed E-state index contributed by atoms with van der Waals surface area (Å²) in [7, 11) is 0. The molecule has 2 aromatic carbocycles. The summed E-state index contributed by atoms with van der Waals surface area (Å²) >= 11 is 0. The van der Waals surface area contributed by atoms with Gasteiger partial charge < -0.3 is 15.5 Å². The maximum absolute atomic E-state index is 12.4. The third kappa shape index (κ3) is 4.16. The standard InChI is InChI=1S/C21H23N5O/c27-21(18-8-7-16-5-1-2-6-17(16)13-18)23-10-9-22-20-14-19(15-24-25-20)26-11-3-4-12-26/h1-2,5-8,13-15H,3-4,9-12H2,(H,22,25)(H,23,27). The van der Waals surface area contributed by atoms with Crippen LogP contribution in [0.5, 0.6) is 0 Å². The molecule has 0 bridgehead atoms. The fourth-order valence-corrected chi connectivity index (χ4v) is 3.39. The van der Waals surface area contributed by atoms with Crippen LogP contribution < -0.4 is 15.5 Å². The topological polar surface area (TPSA) is 70.2 Å². The quantitative estimate of drug-likeness (QED) is 0.661. The Bertz CT molecular complexity index is 937. The zero-order valence-corrected chi connectivity index (χ0v) is 15.2. The number of nitrogens with one attached hydrogen (secondary N) is 2. The molecule has 0 radical (unpaired) electrons. The van der Waals surface area contributed by atoms with Crippen molar-refractivity contribution in [3.8, 4) is 0 Å². The van der Waals surface area contributed by atoms with Crippen LogP contribution in [0.15, 0.2) is 54.7 Å². The van der Waals surface area contributed by atoms with Gasteiger partial charge in [0.2, 0.25) is 0 Å². The van der Waals surface area contributed by atoms with E-state index in [1.54, 1.807) is 6.20 Å². The molecule has 6 nitrogen and oxygen atoms in total. The van der Waals surface area contributed by atoms with Crippen molar-refractivity contribution in [3.05, 3.63) is 60.3 Å². The van der Waals surface area contributed by atoms with Crippen molar-refractivity contribution in [3.63, 3.8) is 0 Å². The van der Waals surface area contributed by atoms with E-state index < -0.39 is 0 Å². The molecule has 1 saturated heterocycles. The minimum absolute atomic E-state index is 0.0699. The predicted molar refractivity (Wildman–Crippen MR) is 108 cm³/mol. The Morgan fingerprint density at radius 3 is 2.67 bits per heavy atom. The van der Waals surface area contributed by atoms with Gasteiger partial charge >= 0.3 is 0 Å². The molecule has 1 aliphatic heterocycles. The van der Waals surface area contributed by atoms with Gasteiger partial charge in [0, 0.05) is 37.8 Å². The third-order valence-electron chi connectivity index (χ3n) is 4.84. The molecule has 0 aliphatic carbocycles. The van der Waals surface area contributed by atoms with Gasteiger partial charge in [0.25, 0.3) is 5.91 Å². The Kier molecular flexibility index (Phi) is 5.14. The summed E-state index contributed by atoms with van der Waals surface area (Å²) in [4.78, 5) is 14.7. The number of nitrogens with zero attached hydrogens (tertiary/aromatic N) is 3. The number of hydrogen-bond acceptors (Lipinski definition) is 5. The van der Waals surface area contributed by atoms with Crippen molar-refractivity contribution in [1.29, 1.82) is 0 Å². The van der Waals surface area contributed by atoms with E-state index >= 15 is 0 Å². The normalized spacial score (nSPS) is 13.7. The third-order valence-corrected chi connectivity index (χ3v) is 4.84. The molecule has 4 rings (SSSR count). The first-order valence-electron chi connectivity index (χ1n) is 9.38. The van der Waals surface area contributed by atoms with Gasteiger partial charge in [-0.15, -0.1) is 5.10 Å². The first kappa shape index (κ1) is 17.3. The highest BCUT2D eigenvalue weighted by atomic mass is 16.1. The van der Waals surface area contributed by atoms with Gasteiger partial charge in [0.05, 0.1) is 11.9 Å². The molecule has 0 spiro atoms. The van der Waals surface area contributed by atoms with Crippen LogP contribution in [-0.4, -0.2) is 42.3 Å². The van der Waals surface area contributed by atoms with Gasteiger partial charge in [-0.1, -0.05) is 30.3 Å². The average Bonchev–Trinajstić information content (AvgIpc) is 3.26. The number of carbonyl (C=O) groups is 1. The zero-order valence-electron chi connectivity index (χ0n) is 15.2. The van der Waals surface area contributed by atoms with E-state index in [1.807, 2.05) is 48.5 Å². The second-order valence-corrected chi connectivity index (χ2v) is 6.74. The summed E-state index contributed by atoms with van der Waals surface area (Å²) in [5, 5.41) is 16.6. The van der Waals surface area contributed by atoms with Gasteiger partial charge in [0.1, 0.15) is 0 Å². The van der Waals surface area contributed by atoms with Crippen molar-refractivity contribution in [2.24, 2.45) is 0 Å². The molecule has 1 aliphatic rings. The van der Waals surface area contributed by atoms with Crippen molar-refractivity contribution in [1.82, 2.24) is 15.5 Å². The minimum Gasteiger partial charge on any atom is -0.370 e. The lowest BCUT2D eigenvalue weighted by Crippen LogP contribution is -2.29. The van der Waals surface area contributed by atoms with Crippen LogP contribution in [0.2, 0.25) is 0 Å². The molecule has 2 heterocycles. The highest BCUT2D eigenvalue weighted by molar-refractivity contribution is 5.98. The number of anilines is 2. The van der Waals surface area contributed by atoms with Gasteiger partial charge in [-0.3, -0.25) is 4.79 Å². The number of hydrogen-bond donors (Lipinski definition) is 2.